The largest absolute Gasteiger partial charge is 0.493 e. The van der Waals surface area contributed by atoms with Gasteiger partial charge in [-0.15, -0.1) is 0 Å². The molecule has 0 bridgehead atoms. The molecule has 0 radical (unpaired) electrons. The van der Waals surface area contributed by atoms with Gasteiger partial charge in [0.15, 0.2) is 5.75 Å². The lowest BCUT2D eigenvalue weighted by Gasteiger charge is -2.20. The highest BCUT2D eigenvalue weighted by atomic mass is 16.6. The van der Waals surface area contributed by atoms with E-state index in [1.54, 1.807) is 6.07 Å². The zero-order valence-corrected chi connectivity index (χ0v) is 15.6. The van der Waals surface area contributed by atoms with Crippen molar-refractivity contribution in [2.24, 2.45) is 4.99 Å². The summed E-state index contributed by atoms with van der Waals surface area (Å²) in [5.74, 6) is 0.964. The fraction of sp³-hybridized carbons (Fsp3) is 0.190. The Kier molecular flexibility index (Phi) is 4.57. The van der Waals surface area contributed by atoms with Gasteiger partial charge in [0.1, 0.15) is 5.84 Å². The number of nitro groups is 1. The monoisotopic (exact) mass is 377 g/mol. The Morgan fingerprint density at radius 1 is 1.18 bits per heavy atom. The van der Waals surface area contributed by atoms with Crippen molar-refractivity contribution in [1.82, 2.24) is 0 Å². The summed E-state index contributed by atoms with van der Waals surface area (Å²) < 4.78 is 11.0. The van der Waals surface area contributed by atoms with Crippen LogP contribution in [-0.2, 0) is 0 Å². The molecule has 0 spiro atoms. The van der Waals surface area contributed by atoms with Gasteiger partial charge in [0.2, 0.25) is 5.75 Å². The van der Waals surface area contributed by atoms with Crippen LogP contribution in [0.25, 0.3) is 10.8 Å². The summed E-state index contributed by atoms with van der Waals surface area (Å²) in [7, 11) is 1.47. The first-order valence-electron chi connectivity index (χ1n) is 8.99. The van der Waals surface area contributed by atoms with Gasteiger partial charge < -0.3 is 14.8 Å². The van der Waals surface area contributed by atoms with Crippen LogP contribution in [0.2, 0.25) is 0 Å². The SMILES string of the molecule is CCCOc1c(OC)cc(C2=Nc3cccc4cccc(c34)N2)cc1[N+](=O)[O-]. The molecule has 7 heteroatoms. The Labute approximate surface area is 161 Å². The molecule has 1 heterocycles. The molecule has 142 valence electrons. The summed E-state index contributed by atoms with van der Waals surface area (Å²) in [6, 6.07) is 15.0. The lowest BCUT2D eigenvalue weighted by Crippen LogP contribution is -2.17. The number of hydrogen-bond acceptors (Lipinski definition) is 6. The van der Waals surface area contributed by atoms with E-state index in [9.17, 15) is 10.1 Å². The second-order valence-electron chi connectivity index (χ2n) is 6.40. The highest BCUT2D eigenvalue weighted by Crippen LogP contribution is 2.41. The summed E-state index contributed by atoms with van der Waals surface area (Å²) in [5, 5.41) is 17.0. The van der Waals surface area contributed by atoms with Crippen molar-refractivity contribution in [1.29, 1.82) is 0 Å². The smallest absolute Gasteiger partial charge is 0.315 e. The van der Waals surface area contributed by atoms with E-state index in [4.69, 9.17) is 9.47 Å². The molecule has 0 fully saturated rings. The van der Waals surface area contributed by atoms with Gasteiger partial charge in [-0.05, 0) is 30.0 Å². The molecule has 0 unspecified atom stereocenters. The van der Waals surface area contributed by atoms with Crippen LogP contribution >= 0.6 is 0 Å². The maximum atomic E-state index is 11.6. The van der Waals surface area contributed by atoms with E-state index in [0.717, 1.165) is 28.6 Å². The van der Waals surface area contributed by atoms with Crippen LogP contribution in [0, 0.1) is 10.1 Å². The van der Waals surface area contributed by atoms with E-state index >= 15 is 0 Å². The summed E-state index contributed by atoms with van der Waals surface area (Å²) in [5.41, 5.74) is 2.13. The number of anilines is 1. The predicted octanol–water partition coefficient (Wildman–Crippen LogP) is 5.05. The van der Waals surface area contributed by atoms with E-state index in [-0.39, 0.29) is 11.4 Å². The number of methoxy groups -OCH3 is 1. The Morgan fingerprint density at radius 2 is 1.96 bits per heavy atom. The van der Waals surface area contributed by atoms with Gasteiger partial charge in [-0.25, -0.2) is 4.99 Å². The molecule has 1 N–H and O–H groups in total. The lowest BCUT2D eigenvalue weighted by molar-refractivity contribution is -0.386. The van der Waals surface area contributed by atoms with E-state index < -0.39 is 4.92 Å². The maximum absolute atomic E-state index is 11.6. The molecule has 0 amide bonds. The predicted molar refractivity (Wildman–Crippen MR) is 109 cm³/mol. The lowest BCUT2D eigenvalue weighted by atomic mass is 10.0. The van der Waals surface area contributed by atoms with Crippen LogP contribution in [0.3, 0.4) is 0 Å². The number of amidine groups is 1. The highest BCUT2D eigenvalue weighted by molar-refractivity contribution is 6.19. The molecule has 0 saturated heterocycles. The molecule has 0 aliphatic carbocycles. The van der Waals surface area contributed by atoms with E-state index in [1.165, 1.54) is 13.2 Å². The molecule has 3 aromatic carbocycles. The first-order valence-corrected chi connectivity index (χ1v) is 8.99. The van der Waals surface area contributed by atoms with Crippen LogP contribution in [-0.4, -0.2) is 24.5 Å². The summed E-state index contributed by atoms with van der Waals surface area (Å²) in [6.45, 7) is 2.30. The Hall–Kier alpha value is -3.61. The minimum Gasteiger partial charge on any atom is -0.493 e. The minimum absolute atomic E-state index is 0.136. The third-order valence-corrected chi connectivity index (χ3v) is 4.54. The Bertz CT molecular complexity index is 1100. The number of nitro benzene ring substituents is 1. The zero-order valence-electron chi connectivity index (χ0n) is 15.6. The topological polar surface area (TPSA) is 86.0 Å². The van der Waals surface area contributed by atoms with Gasteiger partial charge in [-0.2, -0.15) is 0 Å². The quantitative estimate of drug-likeness (QED) is 0.480. The number of hydrogen-bond donors (Lipinski definition) is 1. The van der Waals surface area contributed by atoms with E-state index in [2.05, 4.69) is 10.3 Å². The van der Waals surface area contributed by atoms with Gasteiger partial charge >= 0.3 is 5.69 Å². The third-order valence-electron chi connectivity index (χ3n) is 4.54. The second kappa shape index (κ2) is 7.19. The van der Waals surface area contributed by atoms with Crippen LogP contribution in [0.1, 0.15) is 18.9 Å². The van der Waals surface area contributed by atoms with Crippen molar-refractivity contribution in [3.8, 4) is 11.5 Å². The van der Waals surface area contributed by atoms with Crippen LogP contribution in [0.4, 0.5) is 17.1 Å². The first kappa shape index (κ1) is 17.8. The number of ether oxygens (including phenoxy) is 2. The molecule has 3 aromatic rings. The van der Waals surface area contributed by atoms with Gasteiger partial charge in [-0.1, -0.05) is 31.2 Å². The molecule has 4 rings (SSSR count). The molecule has 0 atom stereocenters. The zero-order chi connectivity index (χ0) is 19.7. The summed E-state index contributed by atoms with van der Waals surface area (Å²) >= 11 is 0. The Morgan fingerprint density at radius 3 is 2.68 bits per heavy atom. The average Bonchev–Trinajstić information content (AvgIpc) is 2.71. The second-order valence-corrected chi connectivity index (χ2v) is 6.40. The van der Waals surface area contributed by atoms with E-state index in [1.807, 2.05) is 43.3 Å². The normalized spacial score (nSPS) is 12.3. The molecule has 0 aromatic heterocycles. The van der Waals surface area contributed by atoms with Crippen molar-refractivity contribution in [2.75, 3.05) is 19.0 Å². The third kappa shape index (κ3) is 3.00. The highest BCUT2D eigenvalue weighted by Gasteiger charge is 2.25. The summed E-state index contributed by atoms with van der Waals surface area (Å²) in [6.07, 6.45) is 0.733. The van der Waals surface area contributed by atoms with Crippen LogP contribution < -0.4 is 14.8 Å². The Balaban J connectivity index is 1.85. The molecule has 28 heavy (non-hydrogen) atoms. The standard InChI is InChI=1S/C21H19N3O4/c1-3-10-28-20-17(24(25)26)11-14(12-18(20)27-2)21-22-15-8-4-6-13-7-5-9-16(23-21)19(13)15/h4-9,11-12H,3,10H2,1-2H3,(H,22,23). The van der Waals surface area contributed by atoms with Crippen molar-refractivity contribution in [3.05, 3.63) is 64.2 Å². The van der Waals surface area contributed by atoms with Crippen molar-refractivity contribution >= 4 is 33.7 Å². The summed E-state index contributed by atoms with van der Waals surface area (Å²) in [4.78, 5) is 15.9. The number of aliphatic imine (C=N–C) groups is 1. The number of nitrogens with zero attached hydrogens (tertiary/aromatic N) is 2. The van der Waals surface area contributed by atoms with Crippen LogP contribution in [0.15, 0.2) is 53.5 Å². The number of nitrogens with one attached hydrogen (secondary N) is 1. The fourth-order valence-electron chi connectivity index (χ4n) is 3.29. The minimum atomic E-state index is -0.463. The van der Waals surface area contributed by atoms with Crippen molar-refractivity contribution in [2.45, 2.75) is 13.3 Å². The average molecular weight is 377 g/mol. The van der Waals surface area contributed by atoms with Gasteiger partial charge in [0.25, 0.3) is 0 Å². The van der Waals surface area contributed by atoms with Crippen LogP contribution in [0.5, 0.6) is 11.5 Å². The molecule has 1 aliphatic heterocycles. The van der Waals surface area contributed by atoms with Crippen molar-refractivity contribution < 1.29 is 14.4 Å². The maximum Gasteiger partial charge on any atom is 0.315 e. The molecule has 0 saturated carbocycles. The van der Waals surface area contributed by atoms with Crippen molar-refractivity contribution in [3.63, 3.8) is 0 Å². The van der Waals surface area contributed by atoms with E-state index in [0.29, 0.717) is 23.8 Å². The molecule has 7 nitrogen and oxygen atoms in total. The molecular formula is C21H19N3O4. The van der Waals surface area contributed by atoms with Gasteiger partial charge in [-0.3, -0.25) is 10.1 Å². The molecular weight excluding hydrogens is 358 g/mol. The number of benzene rings is 3. The molecule has 1 aliphatic rings. The van der Waals surface area contributed by atoms with Gasteiger partial charge in [0.05, 0.1) is 24.3 Å². The first-order chi connectivity index (χ1) is 13.6. The van der Waals surface area contributed by atoms with Gasteiger partial charge in [0, 0.05) is 22.7 Å². The fourth-order valence-corrected chi connectivity index (χ4v) is 3.29. The number of rotatable bonds is 6.